The standard InChI is InChI=1S/C25H30N2O/c1-2-6-24(7-3-1)28-25-8-4-5-21(17-25)18-26-11-13-27(14-12-26)19-23-16-20-9-10-22(23)15-20/h1-10,17,20,22-23H,11-16,18-19H2/t20-,22-,23+/m0/s1. The van der Waals surface area contributed by atoms with Gasteiger partial charge in [0.05, 0.1) is 0 Å². The third-order valence-corrected chi connectivity index (χ3v) is 6.66. The second kappa shape index (κ2) is 8.10. The van der Waals surface area contributed by atoms with Crippen molar-refractivity contribution in [2.24, 2.45) is 17.8 Å². The molecule has 3 atom stereocenters. The average Bonchev–Trinajstić information content (AvgIpc) is 3.34. The van der Waals surface area contributed by atoms with Gasteiger partial charge in [0.1, 0.15) is 11.5 Å². The van der Waals surface area contributed by atoms with E-state index in [9.17, 15) is 0 Å². The highest BCUT2D eigenvalue weighted by Crippen LogP contribution is 2.43. The lowest BCUT2D eigenvalue weighted by Gasteiger charge is -2.37. The molecule has 3 nitrogen and oxygen atoms in total. The fourth-order valence-electron chi connectivity index (χ4n) is 5.16. The minimum Gasteiger partial charge on any atom is -0.457 e. The number of rotatable bonds is 6. The molecule has 1 aliphatic heterocycles. The molecular weight excluding hydrogens is 344 g/mol. The van der Waals surface area contributed by atoms with E-state index in [1.165, 1.54) is 51.1 Å². The summed E-state index contributed by atoms with van der Waals surface area (Å²) in [6.07, 6.45) is 7.79. The van der Waals surface area contributed by atoms with E-state index in [-0.39, 0.29) is 0 Å². The first-order valence-corrected chi connectivity index (χ1v) is 10.8. The lowest BCUT2D eigenvalue weighted by Crippen LogP contribution is -2.47. The molecule has 0 N–H and O–H groups in total. The first-order valence-electron chi connectivity index (χ1n) is 10.8. The summed E-state index contributed by atoms with van der Waals surface area (Å²) in [5.74, 6) is 4.49. The molecule has 0 amide bonds. The van der Waals surface area contributed by atoms with Gasteiger partial charge in [0.25, 0.3) is 0 Å². The minimum atomic E-state index is 0.871. The zero-order valence-corrected chi connectivity index (χ0v) is 16.5. The third kappa shape index (κ3) is 4.16. The van der Waals surface area contributed by atoms with Crippen molar-refractivity contribution >= 4 is 0 Å². The summed E-state index contributed by atoms with van der Waals surface area (Å²) in [6, 6.07) is 18.6. The molecule has 0 radical (unpaired) electrons. The molecule has 1 heterocycles. The van der Waals surface area contributed by atoms with Crippen LogP contribution in [0.5, 0.6) is 11.5 Å². The van der Waals surface area contributed by atoms with Crippen LogP contribution in [-0.2, 0) is 6.54 Å². The lowest BCUT2D eigenvalue weighted by molar-refractivity contribution is 0.108. The smallest absolute Gasteiger partial charge is 0.127 e. The Labute approximate surface area is 168 Å². The first-order chi connectivity index (χ1) is 13.8. The Hall–Kier alpha value is -2.10. The second-order valence-electron chi connectivity index (χ2n) is 8.68. The predicted octanol–water partition coefficient (Wildman–Crippen LogP) is 4.81. The summed E-state index contributed by atoms with van der Waals surface area (Å²) >= 11 is 0. The molecule has 1 saturated heterocycles. The molecule has 2 aliphatic carbocycles. The largest absolute Gasteiger partial charge is 0.457 e. The van der Waals surface area contributed by atoms with Gasteiger partial charge in [-0.2, -0.15) is 0 Å². The van der Waals surface area contributed by atoms with Crippen LogP contribution in [0.1, 0.15) is 18.4 Å². The molecule has 2 fully saturated rings. The zero-order valence-electron chi connectivity index (χ0n) is 16.5. The Morgan fingerprint density at radius 2 is 1.57 bits per heavy atom. The van der Waals surface area contributed by atoms with Gasteiger partial charge in [0.15, 0.2) is 0 Å². The molecule has 2 aromatic rings. The molecule has 3 aliphatic rings. The van der Waals surface area contributed by atoms with Gasteiger partial charge in [-0.25, -0.2) is 0 Å². The summed E-state index contributed by atoms with van der Waals surface area (Å²) in [4.78, 5) is 5.28. The molecule has 3 heteroatoms. The van der Waals surface area contributed by atoms with E-state index in [0.29, 0.717) is 0 Å². The Morgan fingerprint density at radius 1 is 0.786 bits per heavy atom. The predicted molar refractivity (Wildman–Crippen MR) is 114 cm³/mol. The van der Waals surface area contributed by atoms with E-state index in [1.807, 2.05) is 36.4 Å². The number of nitrogens with zero attached hydrogens (tertiary/aromatic N) is 2. The third-order valence-electron chi connectivity index (χ3n) is 6.66. The van der Waals surface area contributed by atoms with E-state index in [0.717, 1.165) is 35.8 Å². The highest BCUT2D eigenvalue weighted by atomic mass is 16.5. The van der Waals surface area contributed by atoms with E-state index in [4.69, 9.17) is 4.74 Å². The van der Waals surface area contributed by atoms with Crippen molar-refractivity contribution in [2.75, 3.05) is 32.7 Å². The zero-order chi connectivity index (χ0) is 18.8. The van der Waals surface area contributed by atoms with Crippen LogP contribution in [-0.4, -0.2) is 42.5 Å². The van der Waals surface area contributed by atoms with Gasteiger partial charge in [-0.15, -0.1) is 0 Å². The van der Waals surface area contributed by atoms with E-state index in [1.54, 1.807) is 0 Å². The van der Waals surface area contributed by atoms with Crippen molar-refractivity contribution in [3.05, 3.63) is 72.3 Å². The molecule has 0 aromatic heterocycles. The highest BCUT2D eigenvalue weighted by molar-refractivity contribution is 5.33. The second-order valence-corrected chi connectivity index (χ2v) is 8.68. The van der Waals surface area contributed by atoms with Crippen LogP contribution in [0.4, 0.5) is 0 Å². The molecular formula is C25H30N2O. The van der Waals surface area contributed by atoms with E-state index in [2.05, 4.69) is 40.2 Å². The number of allylic oxidation sites excluding steroid dienone is 2. The number of hydrogen-bond acceptors (Lipinski definition) is 3. The van der Waals surface area contributed by atoms with Gasteiger partial charge < -0.3 is 9.64 Å². The normalized spacial score (nSPS) is 27.4. The summed E-state index contributed by atoms with van der Waals surface area (Å²) in [5, 5.41) is 0. The molecule has 1 saturated carbocycles. The van der Waals surface area contributed by atoms with Crippen LogP contribution >= 0.6 is 0 Å². The van der Waals surface area contributed by atoms with Gasteiger partial charge in [-0.1, -0.05) is 42.5 Å². The number of piperazine rings is 1. The van der Waals surface area contributed by atoms with Crippen molar-refractivity contribution < 1.29 is 4.74 Å². The Morgan fingerprint density at radius 3 is 2.32 bits per heavy atom. The SMILES string of the molecule is C1=C[C@H]2C[C@H]1C[C@@H]2CN1CCN(Cc2cccc(Oc3ccccc3)c2)CC1. The number of ether oxygens (including phenoxy) is 1. The van der Waals surface area contributed by atoms with E-state index < -0.39 is 0 Å². The Kier molecular flexibility index (Phi) is 5.20. The number of fused-ring (bicyclic) bond motifs is 2. The van der Waals surface area contributed by atoms with Crippen LogP contribution in [0.2, 0.25) is 0 Å². The van der Waals surface area contributed by atoms with Crippen LogP contribution in [0.25, 0.3) is 0 Å². The molecule has 0 unspecified atom stereocenters. The van der Waals surface area contributed by atoms with Crippen molar-refractivity contribution in [3.63, 3.8) is 0 Å². The Balaban J connectivity index is 1.12. The fraction of sp³-hybridized carbons (Fsp3) is 0.440. The summed E-state index contributed by atoms with van der Waals surface area (Å²) in [7, 11) is 0. The van der Waals surface area contributed by atoms with Crippen molar-refractivity contribution in [1.29, 1.82) is 0 Å². The van der Waals surface area contributed by atoms with Gasteiger partial charge in [0.2, 0.25) is 0 Å². The molecule has 2 bridgehead atoms. The molecule has 146 valence electrons. The highest BCUT2D eigenvalue weighted by Gasteiger charge is 2.36. The summed E-state index contributed by atoms with van der Waals surface area (Å²) in [6.45, 7) is 7.06. The van der Waals surface area contributed by atoms with Crippen molar-refractivity contribution in [2.45, 2.75) is 19.4 Å². The monoisotopic (exact) mass is 374 g/mol. The number of benzene rings is 2. The van der Waals surface area contributed by atoms with Crippen LogP contribution < -0.4 is 4.74 Å². The fourth-order valence-corrected chi connectivity index (χ4v) is 5.16. The quantitative estimate of drug-likeness (QED) is 0.675. The van der Waals surface area contributed by atoms with Crippen molar-refractivity contribution in [3.8, 4) is 11.5 Å². The maximum Gasteiger partial charge on any atom is 0.127 e. The van der Waals surface area contributed by atoms with Crippen LogP contribution in [0.15, 0.2) is 66.7 Å². The Bertz CT molecular complexity index is 810. The molecule has 2 aromatic carbocycles. The minimum absolute atomic E-state index is 0.871. The molecule has 28 heavy (non-hydrogen) atoms. The number of hydrogen-bond donors (Lipinski definition) is 0. The molecule has 5 rings (SSSR count). The van der Waals surface area contributed by atoms with Crippen LogP contribution in [0, 0.1) is 17.8 Å². The summed E-state index contributed by atoms with van der Waals surface area (Å²) in [5.41, 5.74) is 1.33. The maximum absolute atomic E-state index is 5.99. The van der Waals surface area contributed by atoms with Gasteiger partial charge in [-0.3, -0.25) is 4.90 Å². The van der Waals surface area contributed by atoms with Crippen molar-refractivity contribution in [1.82, 2.24) is 9.80 Å². The summed E-state index contributed by atoms with van der Waals surface area (Å²) < 4.78 is 5.99. The molecule has 0 spiro atoms. The topological polar surface area (TPSA) is 15.7 Å². The number of para-hydroxylation sites is 1. The average molecular weight is 375 g/mol. The van der Waals surface area contributed by atoms with E-state index >= 15 is 0 Å². The van der Waals surface area contributed by atoms with Crippen LogP contribution in [0.3, 0.4) is 0 Å². The van der Waals surface area contributed by atoms with Gasteiger partial charge >= 0.3 is 0 Å². The van der Waals surface area contributed by atoms with Gasteiger partial charge in [0, 0.05) is 39.3 Å². The lowest BCUT2D eigenvalue weighted by atomic mass is 9.93. The first kappa shape index (κ1) is 18.0. The maximum atomic E-state index is 5.99. The van der Waals surface area contributed by atoms with Gasteiger partial charge in [-0.05, 0) is 60.4 Å².